The van der Waals surface area contributed by atoms with E-state index < -0.39 is 12.1 Å². The van der Waals surface area contributed by atoms with Gasteiger partial charge in [0.15, 0.2) is 0 Å². The predicted molar refractivity (Wildman–Crippen MR) is 138 cm³/mol. The second kappa shape index (κ2) is 12.1. The van der Waals surface area contributed by atoms with E-state index in [4.69, 9.17) is 4.74 Å². The van der Waals surface area contributed by atoms with Crippen LogP contribution >= 0.6 is 0 Å². The molecule has 6 heteroatoms. The Morgan fingerprint density at radius 3 is 2.77 bits per heavy atom. The van der Waals surface area contributed by atoms with E-state index in [1.165, 1.54) is 5.56 Å². The summed E-state index contributed by atoms with van der Waals surface area (Å²) in [5, 5.41) is 21.5. The molecule has 1 aromatic heterocycles. The highest BCUT2D eigenvalue weighted by atomic mass is 16.5. The predicted octanol–water partition coefficient (Wildman–Crippen LogP) is 5.10. The largest absolute Gasteiger partial charge is 0.497 e. The fourth-order valence-corrected chi connectivity index (χ4v) is 5.44. The maximum Gasteiger partial charge on any atom is 0.303 e. The van der Waals surface area contributed by atoms with E-state index >= 15 is 0 Å². The van der Waals surface area contributed by atoms with Crippen molar-refractivity contribution < 1.29 is 19.7 Å². The average Bonchev–Trinajstić information content (AvgIpc) is 2.87. The number of carbonyl (C=O) groups is 1. The molecular formula is C29H36N2O4. The fraction of sp³-hybridized carbons (Fsp3) is 0.448. The minimum atomic E-state index is -0.737. The van der Waals surface area contributed by atoms with Crippen LogP contribution in [0.3, 0.4) is 0 Å². The molecule has 0 aliphatic carbocycles. The van der Waals surface area contributed by atoms with Crippen molar-refractivity contribution in [3.05, 3.63) is 71.9 Å². The molecule has 186 valence electrons. The Balaban J connectivity index is 1.35. The van der Waals surface area contributed by atoms with Gasteiger partial charge in [-0.2, -0.15) is 0 Å². The first-order chi connectivity index (χ1) is 17.0. The summed E-state index contributed by atoms with van der Waals surface area (Å²) in [6.45, 7) is 2.80. The van der Waals surface area contributed by atoms with Gasteiger partial charge in [-0.15, -0.1) is 0 Å². The highest BCUT2D eigenvalue weighted by Gasteiger charge is 2.31. The lowest BCUT2D eigenvalue weighted by molar-refractivity contribution is -0.139. The third kappa shape index (κ3) is 6.80. The van der Waals surface area contributed by atoms with Crippen molar-refractivity contribution in [3.8, 4) is 5.75 Å². The quantitative estimate of drug-likeness (QED) is 0.401. The number of hydrogen-bond acceptors (Lipinski definition) is 5. The maximum absolute atomic E-state index is 11.6. The van der Waals surface area contributed by atoms with E-state index in [1.807, 2.05) is 30.3 Å². The summed E-state index contributed by atoms with van der Waals surface area (Å²) in [5.41, 5.74) is 3.02. The van der Waals surface area contributed by atoms with Crippen molar-refractivity contribution in [2.45, 2.75) is 44.6 Å². The van der Waals surface area contributed by atoms with E-state index in [-0.39, 0.29) is 12.3 Å². The summed E-state index contributed by atoms with van der Waals surface area (Å²) in [7, 11) is 1.63. The summed E-state index contributed by atoms with van der Waals surface area (Å²) in [5.74, 6) is 0.409. The number of rotatable bonds is 11. The molecule has 1 saturated heterocycles. The molecule has 0 bridgehead atoms. The lowest BCUT2D eigenvalue weighted by Crippen LogP contribution is -2.42. The van der Waals surface area contributed by atoms with Gasteiger partial charge >= 0.3 is 5.97 Å². The molecule has 0 saturated carbocycles. The minimum absolute atomic E-state index is 0.111. The van der Waals surface area contributed by atoms with E-state index in [2.05, 4.69) is 34.1 Å². The summed E-state index contributed by atoms with van der Waals surface area (Å²) >= 11 is 0. The first kappa shape index (κ1) is 25.1. The number of ether oxygens (including phenoxy) is 1. The number of piperidine rings is 1. The number of methoxy groups -OCH3 is 1. The molecule has 6 nitrogen and oxygen atoms in total. The third-order valence-electron chi connectivity index (χ3n) is 7.35. The second-order valence-corrected chi connectivity index (χ2v) is 9.67. The monoisotopic (exact) mass is 476 g/mol. The van der Waals surface area contributed by atoms with Crippen molar-refractivity contribution in [2.24, 2.45) is 11.8 Å². The minimum Gasteiger partial charge on any atom is -0.497 e. The Morgan fingerprint density at radius 2 is 2.00 bits per heavy atom. The zero-order valence-electron chi connectivity index (χ0n) is 20.5. The number of aliphatic carboxylic acids is 1. The summed E-state index contributed by atoms with van der Waals surface area (Å²) < 4.78 is 5.36. The van der Waals surface area contributed by atoms with Gasteiger partial charge in [-0.05, 0) is 92.4 Å². The lowest BCUT2D eigenvalue weighted by Gasteiger charge is -2.38. The highest BCUT2D eigenvalue weighted by molar-refractivity contribution is 5.83. The summed E-state index contributed by atoms with van der Waals surface area (Å²) in [6, 6.07) is 18.1. The standard InChI is InChI=1S/C29H36N2O4/c1-35-24-10-11-27-26(19-24)25(13-15-30-27)28(32)12-9-22-14-17-31(20-23(22)18-29(33)34)16-5-8-21-6-3-2-4-7-21/h2-4,6-7,10-11,13,15,19,22-23,28,32H,5,8-9,12,14,16-18,20H2,1H3,(H,33,34)/t22-,23+,28-/m1/s1. The van der Waals surface area contributed by atoms with Crippen molar-refractivity contribution >= 4 is 16.9 Å². The number of aryl methyl sites for hydroxylation is 1. The van der Waals surface area contributed by atoms with E-state index in [9.17, 15) is 15.0 Å². The van der Waals surface area contributed by atoms with Gasteiger partial charge in [-0.25, -0.2) is 0 Å². The van der Waals surface area contributed by atoms with Crippen LogP contribution in [0.5, 0.6) is 5.75 Å². The van der Waals surface area contributed by atoms with Crippen LogP contribution in [0.25, 0.3) is 10.9 Å². The van der Waals surface area contributed by atoms with E-state index in [1.54, 1.807) is 13.3 Å². The molecular weight excluding hydrogens is 440 g/mol. The fourth-order valence-electron chi connectivity index (χ4n) is 5.44. The van der Waals surface area contributed by atoms with Crippen LogP contribution in [0.4, 0.5) is 0 Å². The van der Waals surface area contributed by atoms with Crippen molar-refractivity contribution in [3.63, 3.8) is 0 Å². The van der Waals surface area contributed by atoms with Crippen LogP contribution in [0, 0.1) is 11.8 Å². The van der Waals surface area contributed by atoms with Gasteiger partial charge in [-0.1, -0.05) is 30.3 Å². The molecule has 2 N–H and O–H groups in total. The third-order valence-corrected chi connectivity index (χ3v) is 7.35. The molecule has 0 amide bonds. The van der Waals surface area contributed by atoms with Crippen LogP contribution in [-0.2, 0) is 11.2 Å². The number of carboxylic acid groups (broad SMARTS) is 1. The summed E-state index contributed by atoms with van der Waals surface area (Å²) in [4.78, 5) is 18.4. The van der Waals surface area contributed by atoms with Crippen molar-refractivity contribution in [2.75, 3.05) is 26.7 Å². The highest BCUT2D eigenvalue weighted by Crippen LogP contribution is 2.34. The van der Waals surface area contributed by atoms with Gasteiger partial charge in [-0.3, -0.25) is 9.78 Å². The molecule has 2 heterocycles. The number of likely N-dealkylation sites (tertiary alicyclic amines) is 1. The molecule has 3 aromatic rings. The number of carboxylic acids is 1. The number of pyridine rings is 1. The molecule has 35 heavy (non-hydrogen) atoms. The Morgan fingerprint density at radius 1 is 1.17 bits per heavy atom. The number of aromatic nitrogens is 1. The lowest BCUT2D eigenvalue weighted by atomic mass is 9.79. The number of aliphatic hydroxyl groups excluding tert-OH is 1. The van der Waals surface area contributed by atoms with Crippen molar-refractivity contribution in [1.29, 1.82) is 0 Å². The van der Waals surface area contributed by atoms with E-state index in [0.29, 0.717) is 12.3 Å². The van der Waals surface area contributed by atoms with Gasteiger partial charge in [0.1, 0.15) is 5.75 Å². The number of aliphatic hydroxyl groups is 1. The molecule has 0 spiro atoms. The van der Waals surface area contributed by atoms with Gasteiger partial charge in [0.05, 0.1) is 18.7 Å². The molecule has 2 aromatic carbocycles. The van der Waals surface area contributed by atoms with Gasteiger partial charge in [0, 0.05) is 24.5 Å². The van der Waals surface area contributed by atoms with Gasteiger partial charge in [0.2, 0.25) is 0 Å². The van der Waals surface area contributed by atoms with Gasteiger partial charge in [0.25, 0.3) is 0 Å². The zero-order chi connectivity index (χ0) is 24.6. The normalized spacial score (nSPS) is 19.5. The topological polar surface area (TPSA) is 82.9 Å². The number of benzene rings is 2. The molecule has 0 unspecified atom stereocenters. The van der Waals surface area contributed by atoms with Crippen LogP contribution in [-0.4, -0.2) is 52.8 Å². The number of hydrogen-bond donors (Lipinski definition) is 2. The zero-order valence-corrected chi connectivity index (χ0v) is 20.5. The second-order valence-electron chi connectivity index (χ2n) is 9.67. The Bertz CT molecular complexity index is 1100. The van der Waals surface area contributed by atoms with Crippen LogP contribution in [0.15, 0.2) is 60.8 Å². The van der Waals surface area contributed by atoms with Gasteiger partial charge < -0.3 is 19.8 Å². The number of fused-ring (bicyclic) bond motifs is 1. The first-order valence-corrected chi connectivity index (χ1v) is 12.6. The van der Waals surface area contributed by atoms with Crippen molar-refractivity contribution in [1.82, 2.24) is 9.88 Å². The molecule has 1 fully saturated rings. The van der Waals surface area contributed by atoms with E-state index in [0.717, 1.165) is 67.5 Å². The van der Waals surface area contributed by atoms with Crippen LogP contribution < -0.4 is 4.74 Å². The Kier molecular flexibility index (Phi) is 8.72. The maximum atomic E-state index is 11.6. The molecule has 1 aliphatic rings. The Hall–Kier alpha value is -2.96. The van der Waals surface area contributed by atoms with Crippen LogP contribution in [0.2, 0.25) is 0 Å². The SMILES string of the molecule is COc1ccc2nccc([C@H](O)CC[C@@H]3CCN(CCCc4ccccc4)C[C@@H]3CC(=O)O)c2c1. The first-order valence-electron chi connectivity index (χ1n) is 12.6. The molecule has 1 aliphatic heterocycles. The summed E-state index contributed by atoms with van der Waals surface area (Å²) in [6.07, 6.45) is 5.80. The molecule has 4 rings (SSSR count). The number of nitrogens with zero attached hydrogens (tertiary/aromatic N) is 2. The molecule has 0 radical (unpaired) electrons. The van der Waals surface area contributed by atoms with Crippen LogP contribution in [0.1, 0.15) is 49.3 Å². The molecule has 3 atom stereocenters. The smallest absolute Gasteiger partial charge is 0.303 e. The Labute approximate surface area is 207 Å². The average molecular weight is 477 g/mol.